The van der Waals surface area contributed by atoms with Gasteiger partial charge in [-0.05, 0) is 26.4 Å². The number of nitrogens with two attached hydrogens (primary N) is 1. The standard InChI is InChI=1S/C10H25N3/c1-9(2)7-10(8-11)12-5-6-13(3)4/h9-10,12H,5-8,11H2,1-4H3. The molecule has 0 bridgehead atoms. The molecule has 80 valence electrons. The normalized spacial score (nSPS) is 14.1. The third-order valence-electron chi connectivity index (χ3n) is 2.03. The van der Waals surface area contributed by atoms with Crippen LogP contribution in [0.3, 0.4) is 0 Å². The molecule has 3 N–H and O–H groups in total. The minimum absolute atomic E-state index is 0.486. The van der Waals surface area contributed by atoms with Crippen molar-refractivity contribution in [2.24, 2.45) is 11.7 Å². The molecule has 0 aromatic rings. The maximum Gasteiger partial charge on any atom is 0.0193 e. The predicted octanol–water partition coefficient (Wildman–Crippen LogP) is 0.511. The van der Waals surface area contributed by atoms with Crippen LogP contribution in [0.15, 0.2) is 0 Å². The molecule has 0 rings (SSSR count). The zero-order chi connectivity index (χ0) is 10.3. The molecule has 3 heteroatoms. The first kappa shape index (κ1) is 12.9. The molecular weight excluding hydrogens is 162 g/mol. The van der Waals surface area contributed by atoms with Crippen molar-refractivity contribution in [2.45, 2.75) is 26.3 Å². The first-order valence-corrected chi connectivity index (χ1v) is 5.14. The molecule has 0 aliphatic carbocycles. The van der Waals surface area contributed by atoms with Crippen LogP contribution in [0.4, 0.5) is 0 Å². The van der Waals surface area contributed by atoms with Crippen LogP contribution in [-0.4, -0.2) is 44.7 Å². The summed E-state index contributed by atoms with van der Waals surface area (Å²) in [5.41, 5.74) is 5.66. The number of nitrogens with zero attached hydrogens (tertiary/aromatic N) is 1. The summed E-state index contributed by atoms with van der Waals surface area (Å²) in [6.07, 6.45) is 1.17. The van der Waals surface area contributed by atoms with E-state index in [0.717, 1.165) is 25.6 Å². The first-order chi connectivity index (χ1) is 6.06. The average Bonchev–Trinajstić information content (AvgIpc) is 2.01. The molecule has 0 radical (unpaired) electrons. The summed E-state index contributed by atoms with van der Waals surface area (Å²) in [5, 5.41) is 3.47. The van der Waals surface area contributed by atoms with E-state index in [0.29, 0.717) is 6.04 Å². The molecule has 0 spiro atoms. The highest BCUT2D eigenvalue weighted by Crippen LogP contribution is 2.02. The topological polar surface area (TPSA) is 41.3 Å². The minimum atomic E-state index is 0.486. The van der Waals surface area contributed by atoms with Crippen molar-refractivity contribution in [3.8, 4) is 0 Å². The second-order valence-corrected chi connectivity index (χ2v) is 4.32. The minimum Gasteiger partial charge on any atom is -0.329 e. The number of rotatable bonds is 7. The Morgan fingerprint density at radius 2 is 1.92 bits per heavy atom. The van der Waals surface area contributed by atoms with E-state index >= 15 is 0 Å². The van der Waals surface area contributed by atoms with Crippen LogP contribution < -0.4 is 11.1 Å². The van der Waals surface area contributed by atoms with E-state index in [1.807, 2.05) is 0 Å². The lowest BCUT2D eigenvalue weighted by Crippen LogP contribution is -2.40. The van der Waals surface area contributed by atoms with Crippen LogP contribution in [0, 0.1) is 5.92 Å². The lowest BCUT2D eigenvalue weighted by atomic mass is 10.0. The lowest BCUT2D eigenvalue weighted by molar-refractivity contribution is 0.364. The van der Waals surface area contributed by atoms with E-state index in [1.165, 1.54) is 6.42 Å². The van der Waals surface area contributed by atoms with Crippen molar-refractivity contribution in [3.63, 3.8) is 0 Å². The van der Waals surface area contributed by atoms with E-state index in [-0.39, 0.29) is 0 Å². The van der Waals surface area contributed by atoms with Gasteiger partial charge in [0.15, 0.2) is 0 Å². The van der Waals surface area contributed by atoms with Crippen LogP contribution >= 0.6 is 0 Å². The molecule has 0 amide bonds. The maximum absolute atomic E-state index is 5.66. The van der Waals surface area contributed by atoms with Gasteiger partial charge in [-0.15, -0.1) is 0 Å². The molecule has 0 aliphatic heterocycles. The van der Waals surface area contributed by atoms with Gasteiger partial charge < -0.3 is 16.0 Å². The molecule has 0 heterocycles. The summed E-state index contributed by atoms with van der Waals surface area (Å²) < 4.78 is 0. The van der Waals surface area contributed by atoms with Gasteiger partial charge in [-0.2, -0.15) is 0 Å². The van der Waals surface area contributed by atoms with Crippen molar-refractivity contribution in [2.75, 3.05) is 33.7 Å². The SMILES string of the molecule is CC(C)CC(CN)NCCN(C)C. The number of hydrogen-bond donors (Lipinski definition) is 2. The average molecular weight is 187 g/mol. The van der Waals surface area contributed by atoms with Crippen LogP contribution in [0.2, 0.25) is 0 Å². The summed E-state index contributed by atoms with van der Waals surface area (Å²) >= 11 is 0. The van der Waals surface area contributed by atoms with Gasteiger partial charge in [-0.25, -0.2) is 0 Å². The van der Waals surface area contributed by atoms with Crippen molar-refractivity contribution >= 4 is 0 Å². The van der Waals surface area contributed by atoms with Gasteiger partial charge in [0.25, 0.3) is 0 Å². The zero-order valence-corrected chi connectivity index (χ0v) is 9.51. The fourth-order valence-electron chi connectivity index (χ4n) is 1.32. The lowest BCUT2D eigenvalue weighted by Gasteiger charge is -2.20. The third-order valence-corrected chi connectivity index (χ3v) is 2.03. The van der Waals surface area contributed by atoms with Crippen LogP contribution in [0.5, 0.6) is 0 Å². The van der Waals surface area contributed by atoms with Gasteiger partial charge in [0.1, 0.15) is 0 Å². The summed E-state index contributed by atoms with van der Waals surface area (Å²) in [4.78, 5) is 2.18. The van der Waals surface area contributed by atoms with Gasteiger partial charge in [0.05, 0.1) is 0 Å². The fraction of sp³-hybridized carbons (Fsp3) is 1.00. The third kappa shape index (κ3) is 8.22. The highest BCUT2D eigenvalue weighted by molar-refractivity contribution is 4.69. The van der Waals surface area contributed by atoms with E-state index in [2.05, 4.69) is 38.2 Å². The van der Waals surface area contributed by atoms with Crippen molar-refractivity contribution < 1.29 is 0 Å². The zero-order valence-electron chi connectivity index (χ0n) is 9.51. The summed E-state index contributed by atoms with van der Waals surface area (Å²) in [5.74, 6) is 0.723. The van der Waals surface area contributed by atoms with Crippen molar-refractivity contribution in [1.29, 1.82) is 0 Å². The molecule has 0 aromatic carbocycles. The fourth-order valence-corrected chi connectivity index (χ4v) is 1.32. The monoisotopic (exact) mass is 187 g/mol. The molecule has 0 aromatic heterocycles. The van der Waals surface area contributed by atoms with E-state index < -0.39 is 0 Å². The van der Waals surface area contributed by atoms with Gasteiger partial charge in [-0.1, -0.05) is 13.8 Å². The Kier molecular flexibility index (Phi) is 7.23. The highest BCUT2D eigenvalue weighted by atomic mass is 15.1. The van der Waals surface area contributed by atoms with Crippen molar-refractivity contribution in [1.82, 2.24) is 10.2 Å². The second kappa shape index (κ2) is 7.30. The number of nitrogens with one attached hydrogen (secondary N) is 1. The molecule has 0 saturated carbocycles. The van der Waals surface area contributed by atoms with E-state index in [1.54, 1.807) is 0 Å². The van der Waals surface area contributed by atoms with Crippen LogP contribution in [0.1, 0.15) is 20.3 Å². The van der Waals surface area contributed by atoms with Crippen LogP contribution in [-0.2, 0) is 0 Å². The number of likely N-dealkylation sites (N-methyl/N-ethyl adjacent to an activating group) is 1. The molecular formula is C10H25N3. The smallest absolute Gasteiger partial charge is 0.0193 e. The maximum atomic E-state index is 5.66. The van der Waals surface area contributed by atoms with Crippen molar-refractivity contribution in [3.05, 3.63) is 0 Å². The Balaban J connectivity index is 3.48. The van der Waals surface area contributed by atoms with Gasteiger partial charge in [0, 0.05) is 25.7 Å². The Morgan fingerprint density at radius 1 is 1.31 bits per heavy atom. The molecule has 1 atom stereocenters. The summed E-state index contributed by atoms with van der Waals surface area (Å²) in [6.45, 7) is 7.31. The largest absolute Gasteiger partial charge is 0.329 e. The molecule has 0 aliphatic rings. The Morgan fingerprint density at radius 3 is 2.31 bits per heavy atom. The quantitative estimate of drug-likeness (QED) is 0.610. The summed E-state index contributed by atoms with van der Waals surface area (Å²) in [7, 11) is 4.17. The molecule has 0 fully saturated rings. The first-order valence-electron chi connectivity index (χ1n) is 5.14. The molecule has 0 saturated heterocycles. The molecule has 1 unspecified atom stereocenters. The van der Waals surface area contributed by atoms with Gasteiger partial charge in [-0.3, -0.25) is 0 Å². The number of hydrogen-bond acceptors (Lipinski definition) is 3. The Labute approximate surface area is 82.7 Å². The van der Waals surface area contributed by atoms with Gasteiger partial charge in [0.2, 0.25) is 0 Å². The van der Waals surface area contributed by atoms with E-state index in [4.69, 9.17) is 5.73 Å². The van der Waals surface area contributed by atoms with E-state index in [9.17, 15) is 0 Å². The second-order valence-electron chi connectivity index (χ2n) is 4.32. The molecule has 3 nitrogen and oxygen atoms in total. The van der Waals surface area contributed by atoms with Crippen LogP contribution in [0.25, 0.3) is 0 Å². The molecule has 13 heavy (non-hydrogen) atoms. The highest BCUT2D eigenvalue weighted by Gasteiger charge is 2.07. The predicted molar refractivity (Wildman–Crippen MR) is 58.9 cm³/mol. The summed E-state index contributed by atoms with van der Waals surface area (Å²) in [6, 6.07) is 0.486. The van der Waals surface area contributed by atoms with Gasteiger partial charge >= 0.3 is 0 Å². The Bertz CT molecular complexity index is 113. The Hall–Kier alpha value is -0.120.